The molecule has 0 aromatic rings. The number of hydrogen-bond acceptors (Lipinski definition) is 3. The van der Waals surface area contributed by atoms with Crippen LogP contribution < -0.4 is 0 Å². The zero-order chi connectivity index (χ0) is 15.3. The molecule has 0 saturated heterocycles. The Kier molecular flexibility index (Phi) is 5.53. The highest BCUT2D eigenvalue weighted by Crippen LogP contribution is 2.50. The molecular formula is C14H22O6. The third kappa shape index (κ3) is 3.11. The third-order valence-electron chi connectivity index (χ3n) is 4.44. The van der Waals surface area contributed by atoms with Crippen LogP contribution in [0.5, 0.6) is 0 Å². The lowest BCUT2D eigenvalue weighted by Crippen LogP contribution is -2.50. The molecule has 0 radical (unpaired) electrons. The first-order valence-corrected chi connectivity index (χ1v) is 7.04. The van der Waals surface area contributed by atoms with Crippen molar-refractivity contribution >= 4 is 17.9 Å². The van der Waals surface area contributed by atoms with Gasteiger partial charge in [0.1, 0.15) is 0 Å². The molecule has 1 saturated carbocycles. The Labute approximate surface area is 117 Å². The summed E-state index contributed by atoms with van der Waals surface area (Å²) in [4.78, 5) is 34.3. The number of aliphatic carboxylic acids is 3. The van der Waals surface area contributed by atoms with Crippen molar-refractivity contribution in [1.82, 2.24) is 0 Å². The molecule has 1 fully saturated rings. The third-order valence-corrected chi connectivity index (χ3v) is 4.44. The van der Waals surface area contributed by atoms with Gasteiger partial charge in [0, 0.05) is 6.42 Å². The summed E-state index contributed by atoms with van der Waals surface area (Å²) in [5.41, 5.74) is -1.45. The van der Waals surface area contributed by atoms with Gasteiger partial charge in [-0.15, -0.1) is 0 Å². The fraction of sp³-hybridized carbons (Fsp3) is 0.786. The topological polar surface area (TPSA) is 112 Å². The molecule has 1 aliphatic rings. The summed E-state index contributed by atoms with van der Waals surface area (Å²) in [6.07, 6.45) is 2.64. The van der Waals surface area contributed by atoms with Gasteiger partial charge in [-0.2, -0.15) is 0 Å². The molecule has 1 rings (SSSR count). The summed E-state index contributed by atoms with van der Waals surface area (Å²) >= 11 is 0. The molecule has 0 aromatic heterocycles. The largest absolute Gasteiger partial charge is 0.481 e. The van der Waals surface area contributed by atoms with Crippen molar-refractivity contribution in [3.8, 4) is 0 Å². The zero-order valence-corrected chi connectivity index (χ0v) is 11.7. The molecule has 3 unspecified atom stereocenters. The van der Waals surface area contributed by atoms with Crippen LogP contribution in [0.15, 0.2) is 0 Å². The molecule has 0 spiro atoms. The molecule has 3 atom stereocenters. The first kappa shape index (κ1) is 16.5. The summed E-state index contributed by atoms with van der Waals surface area (Å²) in [6.45, 7) is 1.85. The second-order valence-electron chi connectivity index (χ2n) is 5.57. The van der Waals surface area contributed by atoms with Gasteiger partial charge in [-0.25, -0.2) is 0 Å². The molecule has 20 heavy (non-hydrogen) atoms. The Hall–Kier alpha value is -1.59. The van der Waals surface area contributed by atoms with E-state index in [9.17, 15) is 24.6 Å². The van der Waals surface area contributed by atoms with Crippen LogP contribution in [0, 0.1) is 17.3 Å². The van der Waals surface area contributed by atoms with E-state index in [0.717, 1.165) is 0 Å². The Morgan fingerprint density at radius 3 is 2.30 bits per heavy atom. The number of rotatable bonds is 7. The van der Waals surface area contributed by atoms with E-state index < -0.39 is 35.2 Å². The second-order valence-corrected chi connectivity index (χ2v) is 5.57. The van der Waals surface area contributed by atoms with E-state index in [1.807, 2.05) is 6.92 Å². The zero-order valence-electron chi connectivity index (χ0n) is 11.7. The molecular weight excluding hydrogens is 264 g/mol. The first-order chi connectivity index (χ1) is 9.36. The van der Waals surface area contributed by atoms with Gasteiger partial charge < -0.3 is 15.3 Å². The van der Waals surface area contributed by atoms with Crippen molar-refractivity contribution in [2.45, 2.75) is 51.9 Å². The minimum Gasteiger partial charge on any atom is -0.481 e. The maximum Gasteiger partial charge on any atom is 0.310 e. The SMILES string of the molecule is CCCC(CC(=O)O)C1(C(=O)O)CCCCC1C(=O)O. The summed E-state index contributed by atoms with van der Waals surface area (Å²) in [5.74, 6) is -4.99. The van der Waals surface area contributed by atoms with E-state index in [-0.39, 0.29) is 12.8 Å². The first-order valence-electron chi connectivity index (χ1n) is 7.04. The van der Waals surface area contributed by atoms with Crippen LogP contribution in [0.25, 0.3) is 0 Å². The minimum absolute atomic E-state index is 0.247. The van der Waals surface area contributed by atoms with Gasteiger partial charge in [0.15, 0.2) is 0 Å². The Morgan fingerprint density at radius 2 is 1.85 bits per heavy atom. The second kappa shape index (κ2) is 6.72. The van der Waals surface area contributed by atoms with Crippen LogP contribution >= 0.6 is 0 Å². The van der Waals surface area contributed by atoms with Gasteiger partial charge in [0.25, 0.3) is 0 Å². The average Bonchev–Trinajstić information content (AvgIpc) is 2.37. The highest BCUT2D eigenvalue weighted by Gasteiger charge is 2.55. The van der Waals surface area contributed by atoms with Gasteiger partial charge >= 0.3 is 17.9 Å². The highest BCUT2D eigenvalue weighted by atomic mass is 16.4. The lowest BCUT2D eigenvalue weighted by atomic mass is 9.57. The van der Waals surface area contributed by atoms with Crippen molar-refractivity contribution in [3.05, 3.63) is 0 Å². The van der Waals surface area contributed by atoms with Gasteiger partial charge in [0.2, 0.25) is 0 Å². The van der Waals surface area contributed by atoms with Crippen molar-refractivity contribution < 1.29 is 29.7 Å². The van der Waals surface area contributed by atoms with Crippen molar-refractivity contribution in [2.75, 3.05) is 0 Å². The lowest BCUT2D eigenvalue weighted by molar-refractivity contribution is -0.173. The van der Waals surface area contributed by atoms with Gasteiger partial charge in [-0.1, -0.05) is 26.2 Å². The minimum atomic E-state index is -1.45. The molecule has 0 amide bonds. The van der Waals surface area contributed by atoms with Crippen molar-refractivity contribution in [1.29, 1.82) is 0 Å². The van der Waals surface area contributed by atoms with Crippen molar-refractivity contribution in [2.24, 2.45) is 17.3 Å². The van der Waals surface area contributed by atoms with Crippen LogP contribution in [0.1, 0.15) is 51.9 Å². The molecule has 114 valence electrons. The average molecular weight is 286 g/mol. The predicted molar refractivity (Wildman–Crippen MR) is 70.3 cm³/mol. The number of carboxylic acid groups (broad SMARTS) is 3. The monoisotopic (exact) mass is 286 g/mol. The van der Waals surface area contributed by atoms with Gasteiger partial charge in [0.05, 0.1) is 11.3 Å². The van der Waals surface area contributed by atoms with E-state index >= 15 is 0 Å². The normalized spacial score (nSPS) is 27.8. The van der Waals surface area contributed by atoms with Gasteiger partial charge in [-0.3, -0.25) is 14.4 Å². The Morgan fingerprint density at radius 1 is 1.20 bits per heavy atom. The lowest BCUT2D eigenvalue weighted by Gasteiger charge is -2.43. The van der Waals surface area contributed by atoms with E-state index in [1.165, 1.54) is 0 Å². The predicted octanol–water partition coefficient (Wildman–Crippen LogP) is 2.22. The quantitative estimate of drug-likeness (QED) is 0.661. The van der Waals surface area contributed by atoms with E-state index in [0.29, 0.717) is 32.1 Å². The van der Waals surface area contributed by atoms with Crippen LogP contribution in [-0.4, -0.2) is 33.2 Å². The molecule has 6 heteroatoms. The molecule has 0 aliphatic heterocycles. The summed E-state index contributed by atoms with van der Waals surface area (Å²) < 4.78 is 0. The van der Waals surface area contributed by atoms with Gasteiger partial charge in [-0.05, 0) is 25.2 Å². The highest BCUT2D eigenvalue weighted by molar-refractivity contribution is 5.84. The van der Waals surface area contributed by atoms with E-state index in [1.54, 1.807) is 0 Å². The fourth-order valence-electron chi connectivity index (χ4n) is 3.56. The summed E-state index contributed by atoms with van der Waals surface area (Å²) in [7, 11) is 0. The summed E-state index contributed by atoms with van der Waals surface area (Å²) in [5, 5.41) is 28.0. The van der Waals surface area contributed by atoms with Crippen LogP contribution in [0.3, 0.4) is 0 Å². The maximum atomic E-state index is 11.8. The van der Waals surface area contributed by atoms with Crippen LogP contribution in [0.4, 0.5) is 0 Å². The number of carbonyl (C=O) groups is 3. The number of carboxylic acids is 3. The smallest absolute Gasteiger partial charge is 0.310 e. The number of hydrogen-bond donors (Lipinski definition) is 3. The molecule has 0 heterocycles. The van der Waals surface area contributed by atoms with Crippen molar-refractivity contribution in [3.63, 3.8) is 0 Å². The Bertz CT molecular complexity index is 391. The maximum absolute atomic E-state index is 11.8. The molecule has 0 aromatic carbocycles. The van der Waals surface area contributed by atoms with E-state index in [4.69, 9.17) is 5.11 Å². The summed E-state index contributed by atoms with van der Waals surface area (Å²) in [6, 6.07) is 0. The molecule has 3 N–H and O–H groups in total. The Balaban J connectivity index is 3.23. The van der Waals surface area contributed by atoms with Crippen LogP contribution in [0.2, 0.25) is 0 Å². The molecule has 1 aliphatic carbocycles. The molecule has 6 nitrogen and oxygen atoms in total. The van der Waals surface area contributed by atoms with Crippen LogP contribution in [-0.2, 0) is 14.4 Å². The fourth-order valence-corrected chi connectivity index (χ4v) is 3.56. The van der Waals surface area contributed by atoms with E-state index in [2.05, 4.69) is 0 Å². The molecule has 0 bridgehead atoms. The standard InChI is InChI=1S/C14H22O6/c1-2-5-9(8-11(15)16)14(13(19)20)7-4-3-6-10(14)12(17)18/h9-10H,2-8H2,1H3,(H,15,16)(H,17,18)(H,19,20).